The molecule has 17 nitrogen and oxygen atoms in total. The van der Waals surface area contributed by atoms with Crippen molar-refractivity contribution in [2.45, 2.75) is 432 Å². The van der Waals surface area contributed by atoms with Crippen molar-refractivity contribution < 1.29 is 80.2 Å². The normalized spacial score (nSPS) is 13.9. The van der Waals surface area contributed by atoms with Gasteiger partial charge in [-0.1, -0.05) is 362 Å². The molecule has 576 valence electrons. The molecule has 97 heavy (non-hydrogen) atoms. The van der Waals surface area contributed by atoms with Gasteiger partial charge in [-0.2, -0.15) is 0 Å². The number of ether oxygens (including phenoxy) is 4. The number of hydrogen-bond donors (Lipinski definition) is 3. The number of esters is 4. The van der Waals surface area contributed by atoms with Gasteiger partial charge in [0.05, 0.1) is 26.4 Å². The van der Waals surface area contributed by atoms with E-state index in [-0.39, 0.29) is 25.7 Å². The van der Waals surface area contributed by atoms with Crippen molar-refractivity contribution in [3.05, 3.63) is 0 Å². The van der Waals surface area contributed by atoms with E-state index in [4.69, 9.17) is 37.0 Å². The first-order valence-electron chi connectivity index (χ1n) is 40.6. The fourth-order valence-corrected chi connectivity index (χ4v) is 13.6. The molecule has 0 aliphatic carbocycles. The Balaban J connectivity index is 5.26. The minimum Gasteiger partial charge on any atom is -0.462 e. The van der Waals surface area contributed by atoms with Crippen molar-refractivity contribution >= 4 is 39.5 Å². The summed E-state index contributed by atoms with van der Waals surface area (Å²) in [6.07, 6.45) is 60.8. The number of carbonyl (C=O) groups is 4. The highest BCUT2D eigenvalue weighted by Crippen LogP contribution is 2.45. The lowest BCUT2D eigenvalue weighted by Gasteiger charge is -2.21. The molecule has 0 amide bonds. The van der Waals surface area contributed by atoms with Crippen molar-refractivity contribution in [1.29, 1.82) is 0 Å². The molecule has 5 atom stereocenters. The van der Waals surface area contributed by atoms with Crippen LogP contribution < -0.4 is 0 Å². The molecule has 0 saturated heterocycles. The maximum atomic E-state index is 13.1. The molecule has 0 aromatic heterocycles. The van der Waals surface area contributed by atoms with E-state index >= 15 is 0 Å². The van der Waals surface area contributed by atoms with Gasteiger partial charge >= 0.3 is 39.5 Å². The average Bonchev–Trinajstić information content (AvgIpc) is 2.07. The third-order valence-corrected chi connectivity index (χ3v) is 20.2. The zero-order valence-corrected chi connectivity index (χ0v) is 65.0. The molecule has 2 unspecified atom stereocenters. The summed E-state index contributed by atoms with van der Waals surface area (Å²) in [4.78, 5) is 72.9. The molecule has 3 N–H and O–H groups in total. The molecule has 0 saturated carbocycles. The predicted molar refractivity (Wildman–Crippen MR) is 395 cm³/mol. The van der Waals surface area contributed by atoms with Crippen LogP contribution in [0.4, 0.5) is 0 Å². The molecule has 0 spiro atoms. The van der Waals surface area contributed by atoms with E-state index in [1.54, 1.807) is 0 Å². The van der Waals surface area contributed by atoms with Crippen LogP contribution in [0.3, 0.4) is 0 Å². The second-order valence-corrected chi connectivity index (χ2v) is 31.5. The first kappa shape index (κ1) is 95.1. The largest absolute Gasteiger partial charge is 0.472 e. The smallest absolute Gasteiger partial charge is 0.462 e. The monoisotopic (exact) mass is 1420 g/mol. The molecule has 0 bridgehead atoms. The zero-order valence-electron chi connectivity index (χ0n) is 63.2. The lowest BCUT2D eigenvalue weighted by molar-refractivity contribution is -0.161. The molecule has 0 rings (SSSR count). The SMILES string of the molecule is CCCCCCCCCCCCCCCCCCC(=O)OC[C@H](COP(=O)(O)OC[C@@H](O)COP(=O)(O)OC[C@@H](COC(=O)CCCCCCCCCCCCCC)OC(=O)CCCCCCCCCCCCCCC)OC(=O)CCCCCCCCCCCCCCCC(C)C. The van der Waals surface area contributed by atoms with Crippen LogP contribution in [0.2, 0.25) is 0 Å². The van der Waals surface area contributed by atoms with Crippen molar-refractivity contribution in [1.82, 2.24) is 0 Å². The van der Waals surface area contributed by atoms with Crippen LogP contribution in [0.5, 0.6) is 0 Å². The van der Waals surface area contributed by atoms with Crippen molar-refractivity contribution in [3.8, 4) is 0 Å². The Kier molecular flexibility index (Phi) is 69.6. The van der Waals surface area contributed by atoms with Gasteiger partial charge in [-0.3, -0.25) is 37.3 Å². The highest BCUT2D eigenvalue weighted by molar-refractivity contribution is 7.47. The lowest BCUT2D eigenvalue weighted by atomic mass is 10.0. The van der Waals surface area contributed by atoms with Gasteiger partial charge in [0.2, 0.25) is 0 Å². The maximum absolute atomic E-state index is 13.1. The van der Waals surface area contributed by atoms with Gasteiger partial charge in [0, 0.05) is 25.7 Å². The highest BCUT2D eigenvalue weighted by Gasteiger charge is 2.30. The van der Waals surface area contributed by atoms with Crippen LogP contribution in [-0.2, 0) is 65.4 Å². The molecule has 0 aliphatic rings. The fourth-order valence-electron chi connectivity index (χ4n) is 12.1. The number of hydrogen-bond acceptors (Lipinski definition) is 15. The summed E-state index contributed by atoms with van der Waals surface area (Å²) in [5.74, 6) is -1.32. The van der Waals surface area contributed by atoms with E-state index in [0.717, 1.165) is 95.8 Å². The number of aliphatic hydroxyl groups excluding tert-OH is 1. The van der Waals surface area contributed by atoms with Gasteiger partial charge in [0.25, 0.3) is 0 Å². The molecule has 0 radical (unpaired) electrons. The molecule has 0 heterocycles. The average molecular weight is 1420 g/mol. The van der Waals surface area contributed by atoms with E-state index in [9.17, 15) is 43.2 Å². The summed E-state index contributed by atoms with van der Waals surface area (Å²) in [6.45, 7) is 7.34. The third-order valence-electron chi connectivity index (χ3n) is 18.3. The molecule has 0 aliphatic heterocycles. The minimum absolute atomic E-state index is 0.108. The van der Waals surface area contributed by atoms with Gasteiger partial charge in [0.1, 0.15) is 19.3 Å². The Morgan fingerprint density at radius 3 is 0.701 bits per heavy atom. The lowest BCUT2D eigenvalue weighted by Crippen LogP contribution is -2.30. The minimum atomic E-state index is -4.96. The number of unbranched alkanes of at least 4 members (excludes halogenated alkanes) is 50. The van der Waals surface area contributed by atoms with E-state index in [2.05, 4.69) is 34.6 Å². The summed E-state index contributed by atoms with van der Waals surface area (Å²) in [7, 11) is -9.91. The molecule has 19 heteroatoms. The number of carbonyl (C=O) groups excluding carboxylic acids is 4. The molecule has 0 aromatic rings. The van der Waals surface area contributed by atoms with Crippen molar-refractivity contribution in [2.24, 2.45) is 5.92 Å². The van der Waals surface area contributed by atoms with E-state index in [1.807, 2.05) is 0 Å². The number of phosphoric ester groups is 2. The van der Waals surface area contributed by atoms with Gasteiger partial charge in [-0.15, -0.1) is 0 Å². The van der Waals surface area contributed by atoms with Gasteiger partial charge in [-0.25, -0.2) is 9.13 Å². The Hall–Kier alpha value is -1.94. The number of phosphoric acid groups is 2. The highest BCUT2D eigenvalue weighted by atomic mass is 31.2. The molecule has 0 fully saturated rings. The number of aliphatic hydroxyl groups is 1. The van der Waals surface area contributed by atoms with E-state index in [0.29, 0.717) is 25.7 Å². The Morgan fingerprint density at radius 1 is 0.278 bits per heavy atom. The summed E-state index contributed by atoms with van der Waals surface area (Å²) >= 11 is 0. The number of rotatable bonds is 78. The molecule has 0 aromatic carbocycles. The first-order chi connectivity index (χ1) is 47.0. The van der Waals surface area contributed by atoms with Crippen molar-refractivity contribution in [2.75, 3.05) is 39.6 Å². The first-order valence-corrected chi connectivity index (χ1v) is 43.6. The quantitative estimate of drug-likeness (QED) is 0.0222. The van der Waals surface area contributed by atoms with E-state index in [1.165, 1.54) is 238 Å². The Bertz CT molecular complexity index is 1860. The standard InChI is InChI=1S/C78H152O17P2/c1-6-9-12-15-18-21-24-27-28-29-33-37-42-47-52-57-62-76(81)89-68-74(95-78(83)64-59-54-49-44-39-34-30-32-35-40-45-50-55-60-71(4)5)70-93-97(86,87)91-66-72(79)65-90-96(84,85)92-69-73(67-88-75(80)61-56-51-46-41-36-26-23-20-17-14-11-8-3)94-77(82)63-58-53-48-43-38-31-25-22-19-16-13-10-7-2/h71-74,79H,6-70H2,1-5H3,(H,84,85)(H,86,87)/t72-,73+,74+/m0/s1. The van der Waals surface area contributed by atoms with Gasteiger partial charge in [0.15, 0.2) is 12.2 Å². The third kappa shape index (κ3) is 72.2. The van der Waals surface area contributed by atoms with Crippen LogP contribution in [-0.4, -0.2) is 96.7 Å². The summed E-state index contributed by atoms with van der Waals surface area (Å²) < 4.78 is 68.6. The summed E-state index contributed by atoms with van der Waals surface area (Å²) in [6, 6.07) is 0. The van der Waals surface area contributed by atoms with Crippen molar-refractivity contribution in [3.63, 3.8) is 0 Å². The van der Waals surface area contributed by atoms with Crippen LogP contribution in [0.25, 0.3) is 0 Å². The fraction of sp³-hybridized carbons (Fsp3) is 0.949. The van der Waals surface area contributed by atoms with E-state index < -0.39 is 97.5 Å². The van der Waals surface area contributed by atoms with Crippen LogP contribution in [0, 0.1) is 5.92 Å². The van der Waals surface area contributed by atoms with Gasteiger partial charge in [-0.05, 0) is 31.6 Å². The zero-order chi connectivity index (χ0) is 71.2. The predicted octanol–water partition coefficient (Wildman–Crippen LogP) is 23.3. The Labute approximate surface area is 594 Å². The summed E-state index contributed by atoms with van der Waals surface area (Å²) in [5, 5.41) is 10.6. The Morgan fingerprint density at radius 2 is 0.474 bits per heavy atom. The topological polar surface area (TPSA) is 237 Å². The van der Waals surface area contributed by atoms with Crippen LogP contribution in [0.1, 0.15) is 413 Å². The molecular weight excluding hydrogens is 1270 g/mol. The second-order valence-electron chi connectivity index (χ2n) is 28.6. The van der Waals surface area contributed by atoms with Crippen LogP contribution >= 0.6 is 15.6 Å². The summed E-state index contributed by atoms with van der Waals surface area (Å²) in [5.41, 5.74) is 0. The maximum Gasteiger partial charge on any atom is 0.472 e. The molecular formula is C78H152O17P2. The van der Waals surface area contributed by atoms with Gasteiger partial charge < -0.3 is 33.8 Å². The second kappa shape index (κ2) is 71.1. The van der Waals surface area contributed by atoms with Crippen LogP contribution in [0.15, 0.2) is 0 Å².